The molecular weight excluding hydrogens is 256 g/mol. The van der Waals surface area contributed by atoms with Gasteiger partial charge in [-0.1, -0.05) is 18.0 Å². The third-order valence-corrected chi connectivity index (χ3v) is 3.16. The summed E-state index contributed by atoms with van der Waals surface area (Å²) in [6.45, 7) is 2.11. The third kappa shape index (κ3) is 3.00. The van der Waals surface area contributed by atoms with Gasteiger partial charge in [0, 0.05) is 19.9 Å². The van der Waals surface area contributed by atoms with Crippen LogP contribution in [0, 0.1) is 6.92 Å². The molecular formula is C11H19ClN4O2. The molecule has 0 bridgehead atoms. The minimum Gasteiger partial charge on any atom is -0.343 e. The Kier molecular flexibility index (Phi) is 5.10. The normalized spacial score (nSPS) is 17.2. The number of halogens is 1. The van der Waals surface area contributed by atoms with Crippen molar-refractivity contribution in [1.82, 2.24) is 15.5 Å². The molecule has 0 spiro atoms. The second-order valence-corrected chi connectivity index (χ2v) is 4.51. The maximum absolute atomic E-state index is 11.7. The average Bonchev–Trinajstić information content (AvgIpc) is 2.88. The van der Waals surface area contributed by atoms with Crippen molar-refractivity contribution >= 4 is 18.3 Å². The van der Waals surface area contributed by atoms with Crippen LogP contribution in [0.15, 0.2) is 4.52 Å². The van der Waals surface area contributed by atoms with E-state index < -0.39 is 5.54 Å². The molecule has 0 aromatic carbocycles. The van der Waals surface area contributed by atoms with Crippen LogP contribution in [-0.2, 0) is 10.3 Å². The van der Waals surface area contributed by atoms with Crippen LogP contribution in [0.5, 0.6) is 0 Å². The predicted octanol–water partition coefficient (Wildman–Crippen LogP) is 1.03. The van der Waals surface area contributed by atoms with Gasteiger partial charge in [0.05, 0.1) is 0 Å². The smallest absolute Gasteiger partial charge is 0.223 e. The zero-order chi connectivity index (χ0) is 12.3. The lowest BCUT2D eigenvalue weighted by molar-refractivity contribution is -0.123. The lowest BCUT2D eigenvalue weighted by Crippen LogP contribution is -2.45. The summed E-state index contributed by atoms with van der Waals surface area (Å²) < 4.78 is 5.01. The van der Waals surface area contributed by atoms with Crippen molar-refractivity contribution in [2.24, 2.45) is 5.73 Å². The number of nitrogens with two attached hydrogens (primary N) is 1. The van der Waals surface area contributed by atoms with Crippen LogP contribution in [0.25, 0.3) is 0 Å². The average molecular weight is 275 g/mol. The van der Waals surface area contributed by atoms with E-state index in [4.69, 9.17) is 10.3 Å². The van der Waals surface area contributed by atoms with Gasteiger partial charge in [0.1, 0.15) is 5.54 Å². The molecule has 0 unspecified atom stereocenters. The highest BCUT2D eigenvalue weighted by Gasteiger charge is 2.40. The number of amides is 1. The Bertz CT molecular complexity index is 402. The fraction of sp³-hybridized carbons (Fsp3) is 0.727. The molecule has 1 aliphatic carbocycles. The molecule has 1 aromatic heterocycles. The van der Waals surface area contributed by atoms with E-state index in [-0.39, 0.29) is 18.3 Å². The van der Waals surface area contributed by atoms with E-state index in [1.807, 2.05) is 0 Å². The number of hydrogen-bond donors (Lipinski definition) is 2. The van der Waals surface area contributed by atoms with Gasteiger partial charge in [-0.05, 0) is 12.8 Å². The summed E-state index contributed by atoms with van der Waals surface area (Å²) in [5.74, 6) is 1.08. The Balaban J connectivity index is 0.00000162. The summed E-state index contributed by atoms with van der Waals surface area (Å²) >= 11 is 0. The highest BCUT2D eigenvalue weighted by Crippen LogP contribution is 2.37. The molecule has 0 aliphatic heterocycles. The topological polar surface area (TPSA) is 94.0 Å². The van der Waals surface area contributed by atoms with Gasteiger partial charge < -0.3 is 15.6 Å². The van der Waals surface area contributed by atoms with Gasteiger partial charge in [0.15, 0.2) is 5.82 Å². The van der Waals surface area contributed by atoms with Crippen LogP contribution >= 0.6 is 12.4 Å². The molecule has 1 fully saturated rings. The molecule has 1 aromatic rings. The SMILES string of the molecule is Cc1nc(C2(NC(=O)CCN)CCCC2)no1.Cl. The first kappa shape index (κ1) is 14.9. The van der Waals surface area contributed by atoms with Crippen LogP contribution in [-0.4, -0.2) is 22.6 Å². The van der Waals surface area contributed by atoms with Crippen molar-refractivity contribution in [3.05, 3.63) is 11.7 Å². The monoisotopic (exact) mass is 274 g/mol. The van der Waals surface area contributed by atoms with Crippen LogP contribution < -0.4 is 11.1 Å². The predicted molar refractivity (Wildman–Crippen MR) is 68.2 cm³/mol. The minimum absolute atomic E-state index is 0. The molecule has 1 saturated carbocycles. The summed E-state index contributed by atoms with van der Waals surface area (Å²) in [7, 11) is 0. The number of aromatic nitrogens is 2. The Morgan fingerprint density at radius 3 is 2.67 bits per heavy atom. The molecule has 1 amide bonds. The quantitative estimate of drug-likeness (QED) is 0.855. The Morgan fingerprint density at radius 1 is 1.50 bits per heavy atom. The fourth-order valence-electron chi connectivity index (χ4n) is 2.34. The molecule has 1 heterocycles. The zero-order valence-corrected chi connectivity index (χ0v) is 11.3. The lowest BCUT2D eigenvalue weighted by Gasteiger charge is -2.26. The van der Waals surface area contributed by atoms with Gasteiger partial charge in [-0.25, -0.2) is 0 Å². The highest BCUT2D eigenvalue weighted by molar-refractivity contribution is 5.85. The molecule has 2 rings (SSSR count). The highest BCUT2D eigenvalue weighted by atomic mass is 35.5. The van der Waals surface area contributed by atoms with Crippen molar-refractivity contribution in [2.75, 3.05) is 6.54 Å². The van der Waals surface area contributed by atoms with E-state index >= 15 is 0 Å². The molecule has 3 N–H and O–H groups in total. The zero-order valence-electron chi connectivity index (χ0n) is 10.4. The van der Waals surface area contributed by atoms with Gasteiger partial charge in [0.2, 0.25) is 11.8 Å². The minimum atomic E-state index is -0.440. The van der Waals surface area contributed by atoms with E-state index in [1.165, 1.54) is 0 Å². The van der Waals surface area contributed by atoms with Crippen molar-refractivity contribution in [3.63, 3.8) is 0 Å². The Labute approximate surface area is 112 Å². The van der Waals surface area contributed by atoms with Crippen molar-refractivity contribution in [3.8, 4) is 0 Å². The molecule has 0 radical (unpaired) electrons. The molecule has 18 heavy (non-hydrogen) atoms. The number of carbonyl (C=O) groups is 1. The summed E-state index contributed by atoms with van der Waals surface area (Å²) in [5, 5.41) is 6.97. The number of nitrogens with zero attached hydrogens (tertiary/aromatic N) is 2. The summed E-state index contributed by atoms with van der Waals surface area (Å²) in [6.07, 6.45) is 4.19. The van der Waals surface area contributed by atoms with Gasteiger partial charge in [0.25, 0.3) is 0 Å². The maximum atomic E-state index is 11.7. The first-order valence-electron chi connectivity index (χ1n) is 5.98. The van der Waals surface area contributed by atoms with Gasteiger partial charge in [-0.3, -0.25) is 4.79 Å². The fourth-order valence-corrected chi connectivity index (χ4v) is 2.34. The summed E-state index contributed by atoms with van der Waals surface area (Å²) in [4.78, 5) is 16.0. The molecule has 0 saturated heterocycles. The second-order valence-electron chi connectivity index (χ2n) is 4.51. The molecule has 7 heteroatoms. The van der Waals surface area contributed by atoms with Crippen LogP contribution in [0.1, 0.15) is 43.8 Å². The Morgan fingerprint density at radius 2 is 2.17 bits per heavy atom. The number of rotatable bonds is 4. The first-order chi connectivity index (χ1) is 8.16. The Hall–Kier alpha value is -1.14. The molecule has 1 aliphatic rings. The van der Waals surface area contributed by atoms with E-state index in [2.05, 4.69) is 15.5 Å². The van der Waals surface area contributed by atoms with Crippen molar-refractivity contribution < 1.29 is 9.32 Å². The van der Waals surface area contributed by atoms with E-state index in [0.29, 0.717) is 24.7 Å². The van der Waals surface area contributed by atoms with Crippen molar-refractivity contribution in [2.45, 2.75) is 44.6 Å². The first-order valence-corrected chi connectivity index (χ1v) is 5.98. The van der Waals surface area contributed by atoms with Gasteiger partial charge in [-0.2, -0.15) is 4.98 Å². The van der Waals surface area contributed by atoms with Gasteiger partial charge >= 0.3 is 0 Å². The van der Waals surface area contributed by atoms with Crippen molar-refractivity contribution in [1.29, 1.82) is 0 Å². The standard InChI is InChI=1S/C11H18N4O2.ClH/c1-8-13-10(15-17-8)11(5-2-3-6-11)14-9(16)4-7-12;/h2-7,12H2,1H3,(H,14,16);1H. The van der Waals surface area contributed by atoms with E-state index in [1.54, 1.807) is 6.92 Å². The van der Waals surface area contributed by atoms with Crippen LogP contribution in [0.4, 0.5) is 0 Å². The molecule has 102 valence electrons. The molecule has 0 atom stereocenters. The number of hydrogen-bond acceptors (Lipinski definition) is 5. The van der Waals surface area contributed by atoms with Crippen LogP contribution in [0.3, 0.4) is 0 Å². The van der Waals surface area contributed by atoms with Gasteiger partial charge in [-0.15, -0.1) is 12.4 Å². The summed E-state index contributed by atoms with van der Waals surface area (Å²) in [5.41, 5.74) is 4.94. The molecule has 6 nitrogen and oxygen atoms in total. The second kappa shape index (κ2) is 6.15. The van der Waals surface area contributed by atoms with Crippen LogP contribution in [0.2, 0.25) is 0 Å². The lowest BCUT2D eigenvalue weighted by atomic mass is 9.96. The maximum Gasteiger partial charge on any atom is 0.223 e. The number of carbonyl (C=O) groups excluding carboxylic acids is 1. The number of aryl methyl sites for hydroxylation is 1. The van der Waals surface area contributed by atoms with E-state index in [9.17, 15) is 4.79 Å². The number of nitrogens with one attached hydrogen (secondary N) is 1. The summed E-state index contributed by atoms with van der Waals surface area (Å²) in [6, 6.07) is 0. The largest absolute Gasteiger partial charge is 0.343 e. The van der Waals surface area contributed by atoms with E-state index in [0.717, 1.165) is 25.7 Å². The third-order valence-electron chi connectivity index (χ3n) is 3.16.